The quantitative estimate of drug-likeness (QED) is 0.424. The standard InChI is InChI=1S/C18H13Br2N.H3P/c19-16-12-7-13-17(18(16)20)21(14-8-3-1-4-9-14)15-10-5-2-6-11-15;/h1-13H;1H3/p+1. The van der Waals surface area contributed by atoms with E-state index in [1.54, 1.807) is 0 Å². The number of para-hydroxylation sites is 2. The Balaban J connectivity index is 0.00000176. The van der Waals surface area contributed by atoms with Gasteiger partial charge < -0.3 is 4.90 Å². The third-order valence-corrected chi connectivity index (χ3v) is 5.23. The molecular weight excluding hydrogens is 421 g/mol. The average Bonchev–Trinajstić information content (AvgIpc) is 2.54. The SMILES string of the molecule is Brc1cccc(N(c2ccccc2)c2ccccc2)c1Br.[PH4+]. The van der Waals surface area contributed by atoms with Crippen molar-refractivity contribution in [1.29, 1.82) is 0 Å². The fraction of sp³-hybridized carbons (Fsp3) is 0. The topological polar surface area (TPSA) is 3.24 Å². The zero-order valence-corrected chi connectivity index (χ0v) is 17.4. The third-order valence-electron chi connectivity index (χ3n) is 3.20. The number of benzene rings is 3. The highest BCUT2D eigenvalue weighted by Gasteiger charge is 2.15. The largest absolute Gasteiger partial charge is 0.309 e. The Bertz CT molecular complexity index is 693. The maximum Gasteiger partial charge on any atom is 0.0615 e. The first kappa shape index (κ1) is 17.2. The molecule has 1 unspecified atom stereocenters. The summed E-state index contributed by atoms with van der Waals surface area (Å²) in [5, 5.41) is 0. The molecule has 0 spiro atoms. The molecule has 0 aliphatic carbocycles. The second kappa shape index (κ2) is 7.92. The summed E-state index contributed by atoms with van der Waals surface area (Å²) in [4.78, 5) is 2.23. The van der Waals surface area contributed by atoms with Gasteiger partial charge in [-0.15, -0.1) is 0 Å². The monoisotopic (exact) mass is 436 g/mol. The first-order valence-corrected chi connectivity index (χ1v) is 8.20. The number of halogens is 2. The van der Waals surface area contributed by atoms with Gasteiger partial charge >= 0.3 is 0 Å². The first-order valence-electron chi connectivity index (χ1n) is 6.61. The highest BCUT2D eigenvalue weighted by atomic mass is 79.9. The van der Waals surface area contributed by atoms with E-state index in [9.17, 15) is 0 Å². The van der Waals surface area contributed by atoms with Crippen LogP contribution in [0.3, 0.4) is 0 Å². The molecule has 1 atom stereocenters. The van der Waals surface area contributed by atoms with E-state index in [0.717, 1.165) is 26.0 Å². The van der Waals surface area contributed by atoms with E-state index in [2.05, 4.69) is 91.4 Å². The van der Waals surface area contributed by atoms with Gasteiger partial charge in [0.2, 0.25) is 0 Å². The van der Waals surface area contributed by atoms with Crippen molar-refractivity contribution in [3.05, 3.63) is 87.8 Å². The molecule has 0 saturated carbocycles. The van der Waals surface area contributed by atoms with Crippen LogP contribution >= 0.6 is 41.8 Å². The third kappa shape index (κ3) is 3.60. The molecule has 0 amide bonds. The predicted molar refractivity (Wildman–Crippen MR) is 109 cm³/mol. The zero-order valence-electron chi connectivity index (χ0n) is 12.2. The van der Waals surface area contributed by atoms with Gasteiger partial charge in [-0.05, 0) is 78.2 Å². The van der Waals surface area contributed by atoms with E-state index in [4.69, 9.17) is 0 Å². The summed E-state index contributed by atoms with van der Waals surface area (Å²) in [5.41, 5.74) is 3.35. The molecule has 0 fully saturated rings. The van der Waals surface area contributed by atoms with Crippen LogP contribution in [0.1, 0.15) is 0 Å². The number of hydrogen-bond acceptors (Lipinski definition) is 1. The molecule has 22 heavy (non-hydrogen) atoms. The van der Waals surface area contributed by atoms with Crippen molar-refractivity contribution >= 4 is 58.8 Å². The molecule has 0 radical (unpaired) electrons. The number of rotatable bonds is 3. The van der Waals surface area contributed by atoms with Gasteiger partial charge in [-0.25, -0.2) is 0 Å². The summed E-state index contributed by atoms with van der Waals surface area (Å²) in [6.45, 7) is 0. The van der Waals surface area contributed by atoms with Gasteiger partial charge in [-0.2, -0.15) is 0 Å². The van der Waals surface area contributed by atoms with Crippen LogP contribution in [0, 0.1) is 0 Å². The number of nitrogens with zero attached hydrogens (tertiary/aromatic N) is 1. The fourth-order valence-electron chi connectivity index (χ4n) is 2.25. The van der Waals surface area contributed by atoms with Gasteiger partial charge in [0, 0.05) is 15.8 Å². The Hall–Kier alpha value is -1.15. The fourth-order valence-corrected chi connectivity index (χ4v) is 3.04. The predicted octanol–water partition coefficient (Wildman–Crippen LogP) is 6.47. The zero-order chi connectivity index (χ0) is 14.7. The molecule has 0 heterocycles. The maximum atomic E-state index is 3.69. The van der Waals surface area contributed by atoms with Gasteiger partial charge in [0.15, 0.2) is 0 Å². The van der Waals surface area contributed by atoms with E-state index in [0.29, 0.717) is 0 Å². The van der Waals surface area contributed by atoms with Crippen molar-refractivity contribution in [1.82, 2.24) is 0 Å². The highest BCUT2D eigenvalue weighted by Crippen LogP contribution is 2.41. The molecule has 1 nitrogen and oxygen atoms in total. The average molecular weight is 438 g/mol. The second-order valence-corrected chi connectivity index (χ2v) is 6.23. The Morgan fingerprint density at radius 1 is 0.591 bits per heavy atom. The summed E-state index contributed by atoms with van der Waals surface area (Å²) < 4.78 is 2.08. The lowest BCUT2D eigenvalue weighted by atomic mass is 10.2. The molecule has 0 aliphatic heterocycles. The lowest BCUT2D eigenvalue weighted by Gasteiger charge is -2.26. The van der Waals surface area contributed by atoms with Crippen molar-refractivity contribution in [2.75, 3.05) is 4.90 Å². The molecular formula is C18H17Br2NP+. The molecule has 3 rings (SSSR count). The maximum absolute atomic E-state index is 3.69. The van der Waals surface area contributed by atoms with Crippen molar-refractivity contribution in [3.8, 4) is 0 Å². The Morgan fingerprint density at radius 3 is 1.59 bits per heavy atom. The van der Waals surface area contributed by atoms with Crippen LogP contribution in [-0.4, -0.2) is 0 Å². The molecule has 0 bridgehead atoms. The van der Waals surface area contributed by atoms with E-state index in [1.807, 2.05) is 24.3 Å². The van der Waals surface area contributed by atoms with Crippen molar-refractivity contribution in [2.24, 2.45) is 0 Å². The summed E-state index contributed by atoms with van der Waals surface area (Å²) in [7, 11) is 0. The first-order chi connectivity index (χ1) is 10.3. The van der Waals surface area contributed by atoms with Crippen molar-refractivity contribution in [2.45, 2.75) is 0 Å². The molecule has 3 aromatic carbocycles. The molecule has 112 valence electrons. The summed E-state index contributed by atoms with van der Waals surface area (Å²) in [6.07, 6.45) is 0. The molecule has 4 heteroatoms. The molecule has 0 aliphatic rings. The second-order valence-electron chi connectivity index (χ2n) is 4.58. The molecule has 0 N–H and O–H groups in total. The van der Waals surface area contributed by atoms with Gasteiger partial charge in [-0.3, -0.25) is 0 Å². The van der Waals surface area contributed by atoms with Crippen LogP contribution < -0.4 is 4.90 Å². The Kier molecular flexibility index (Phi) is 6.19. The Morgan fingerprint density at radius 2 is 1.09 bits per heavy atom. The summed E-state index contributed by atoms with van der Waals surface area (Å²) in [5.74, 6) is 0. The van der Waals surface area contributed by atoms with E-state index >= 15 is 0 Å². The number of hydrogen-bond donors (Lipinski definition) is 0. The number of anilines is 3. The van der Waals surface area contributed by atoms with Crippen LogP contribution in [0.15, 0.2) is 87.8 Å². The van der Waals surface area contributed by atoms with Crippen LogP contribution in [0.5, 0.6) is 0 Å². The summed E-state index contributed by atoms with van der Waals surface area (Å²) >= 11 is 7.27. The summed E-state index contributed by atoms with van der Waals surface area (Å²) in [6, 6.07) is 26.9. The molecule has 0 saturated heterocycles. The van der Waals surface area contributed by atoms with E-state index in [-0.39, 0.29) is 9.90 Å². The lowest BCUT2D eigenvalue weighted by Crippen LogP contribution is -2.10. The van der Waals surface area contributed by atoms with Crippen molar-refractivity contribution < 1.29 is 0 Å². The minimum absolute atomic E-state index is 0. The van der Waals surface area contributed by atoms with Crippen LogP contribution in [0.2, 0.25) is 0 Å². The lowest BCUT2D eigenvalue weighted by molar-refractivity contribution is 1.27. The smallest absolute Gasteiger partial charge is 0.0615 e. The van der Waals surface area contributed by atoms with E-state index < -0.39 is 0 Å². The normalized spacial score (nSPS) is 9.91. The van der Waals surface area contributed by atoms with Gasteiger partial charge in [-0.1, -0.05) is 42.5 Å². The highest BCUT2D eigenvalue weighted by molar-refractivity contribution is 9.13. The van der Waals surface area contributed by atoms with Gasteiger partial charge in [0.25, 0.3) is 0 Å². The van der Waals surface area contributed by atoms with Crippen LogP contribution in [0.4, 0.5) is 17.1 Å². The van der Waals surface area contributed by atoms with Crippen molar-refractivity contribution in [3.63, 3.8) is 0 Å². The minimum Gasteiger partial charge on any atom is -0.309 e. The van der Waals surface area contributed by atoms with Crippen LogP contribution in [-0.2, 0) is 0 Å². The van der Waals surface area contributed by atoms with E-state index in [1.165, 1.54) is 0 Å². The van der Waals surface area contributed by atoms with Crippen LogP contribution in [0.25, 0.3) is 0 Å². The molecule has 0 aromatic heterocycles. The van der Waals surface area contributed by atoms with Gasteiger partial charge in [0.05, 0.1) is 10.2 Å². The Labute approximate surface area is 151 Å². The molecule has 3 aromatic rings. The van der Waals surface area contributed by atoms with Gasteiger partial charge in [0.1, 0.15) is 0 Å². The minimum atomic E-state index is 0.